The van der Waals surface area contributed by atoms with Gasteiger partial charge in [-0.25, -0.2) is 4.79 Å². The molecule has 2 aliphatic carbocycles. The second-order valence-corrected chi connectivity index (χ2v) is 8.84. The van der Waals surface area contributed by atoms with Crippen LogP contribution in [0.25, 0.3) is 0 Å². The van der Waals surface area contributed by atoms with Crippen LogP contribution in [0.4, 0.5) is 10.6 Å². The van der Waals surface area contributed by atoms with Gasteiger partial charge in [0, 0.05) is 36.4 Å². The molecule has 7 heteroatoms. The van der Waals surface area contributed by atoms with Crippen molar-refractivity contribution in [1.82, 2.24) is 20.4 Å². The Morgan fingerprint density at radius 1 is 1.10 bits per heavy atom. The molecule has 3 fully saturated rings. The summed E-state index contributed by atoms with van der Waals surface area (Å²) in [6, 6.07) is 13.0. The van der Waals surface area contributed by atoms with E-state index in [4.69, 9.17) is 11.6 Å². The van der Waals surface area contributed by atoms with Gasteiger partial charge in [-0.3, -0.25) is 0 Å². The summed E-state index contributed by atoms with van der Waals surface area (Å²) < 4.78 is 0. The highest BCUT2D eigenvalue weighted by atomic mass is 35.5. The number of carbonyl (C=O) groups excluding carboxylic acids is 1. The van der Waals surface area contributed by atoms with Gasteiger partial charge in [-0.2, -0.15) is 5.10 Å². The van der Waals surface area contributed by atoms with E-state index < -0.39 is 0 Å². The molecule has 3 aliphatic rings. The van der Waals surface area contributed by atoms with E-state index in [1.165, 1.54) is 0 Å². The fraction of sp³-hybridized carbons (Fsp3) is 0.522. The molecule has 2 saturated carbocycles. The largest absolute Gasteiger partial charge is 0.353 e. The van der Waals surface area contributed by atoms with Crippen LogP contribution in [0.3, 0.4) is 0 Å². The fourth-order valence-corrected chi connectivity index (χ4v) is 4.00. The van der Waals surface area contributed by atoms with Crippen molar-refractivity contribution >= 4 is 23.4 Å². The average Bonchev–Trinajstić information content (AvgIpc) is 3.69. The fourth-order valence-electron chi connectivity index (χ4n) is 3.86. The van der Waals surface area contributed by atoms with E-state index >= 15 is 0 Å². The Bertz CT molecular complexity index is 819. The van der Waals surface area contributed by atoms with Gasteiger partial charge in [-0.15, -0.1) is 5.10 Å². The number of benzene rings is 1. The van der Waals surface area contributed by atoms with Gasteiger partial charge in [0.2, 0.25) is 0 Å². The third-order valence-electron chi connectivity index (χ3n) is 5.83. The zero-order chi connectivity index (χ0) is 20.9. The predicted octanol–water partition coefficient (Wildman–Crippen LogP) is 4.43. The van der Waals surface area contributed by atoms with Crippen LogP contribution in [-0.4, -0.2) is 52.3 Å². The lowest BCUT2D eigenvalue weighted by atomic mass is 10.0. The van der Waals surface area contributed by atoms with Crippen LogP contribution in [0.15, 0.2) is 42.6 Å². The molecule has 2 amide bonds. The summed E-state index contributed by atoms with van der Waals surface area (Å²) in [6.07, 6.45) is 8.47. The summed E-state index contributed by atoms with van der Waals surface area (Å²) in [6.45, 7) is 3.85. The van der Waals surface area contributed by atoms with Crippen molar-refractivity contribution in [2.24, 2.45) is 0 Å². The van der Waals surface area contributed by atoms with Gasteiger partial charge >= 0.3 is 6.03 Å². The van der Waals surface area contributed by atoms with Crippen molar-refractivity contribution in [2.45, 2.75) is 63.6 Å². The quantitative estimate of drug-likeness (QED) is 0.784. The molecule has 6 nitrogen and oxygen atoms in total. The van der Waals surface area contributed by atoms with Gasteiger partial charge in [0.1, 0.15) is 0 Å². The number of carbonyl (C=O) groups is 1. The molecule has 0 bridgehead atoms. The third kappa shape index (κ3) is 5.63. The SMILES string of the molecule is Cc1ccccc1Cl.O=C(NC1CC1)N(C1CC1)C1CCCN(c2cccnn2)C1. The first-order valence-electron chi connectivity index (χ1n) is 10.9. The summed E-state index contributed by atoms with van der Waals surface area (Å²) in [5.74, 6) is 0.922. The molecule has 30 heavy (non-hydrogen) atoms. The minimum Gasteiger partial charge on any atom is -0.353 e. The van der Waals surface area contributed by atoms with Crippen molar-refractivity contribution in [2.75, 3.05) is 18.0 Å². The molecular weight excluding hydrogens is 398 g/mol. The molecule has 2 aromatic rings. The van der Waals surface area contributed by atoms with Gasteiger partial charge in [0.15, 0.2) is 5.82 Å². The van der Waals surface area contributed by atoms with E-state index in [1.54, 1.807) is 6.20 Å². The Kier molecular flexibility index (Phi) is 6.72. The number of piperidine rings is 1. The minimum absolute atomic E-state index is 0.149. The van der Waals surface area contributed by atoms with Crippen LogP contribution >= 0.6 is 11.6 Å². The molecule has 1 aromatic heterocycles. The molecule has 1 saturated heterocycles. The van der Waals surface area contributed by atoms with Crippen LogP contribution in [0.2, 0.25) is 5.02 Å². The Balaban J connectivity index is 0.000000230. The minimum atomic E-state index is 0.149. The number of nitrogens with zero attached hydrogens (tertiary/aromatic N) is 4. The number of anilines is 1. The lowest BCUT2D eigenvalue weighted by Crippen LogP contribution is -2.54. The van der Waals surface area contributed by atoms with Gasteiger partial charge in [0.25, 0.3) is 0 Å². The molecule has 5 rings (SSSR count). The average molecular weight is 428 g/mol. The zero-order valence-electron chi connectivity index (χ0n) is 17.5. The van der Waals surface area contributed by atoms with Crippen LogP contribution < -0.4 is 10.2 Å². The van der Waals surface area contributed by atoms with Crippen molar-refractivity contribution in [1.29, 1.82) is 0 Å². The van der Waals surface area contributed by atoms with Crippen LogP contribution in [0, 0.1) is 6.92 Å². The lowest BCUT2D eigenvalue weighted by Gasteiger charge is -2.40. The number of aromatic nitrogens is 2. The Morgan fingerprint density at radius 3 is 2.50 bits per heavy atom. The van der Waals surface area contributed by atoms with Gasteiger partial charge in [-0.05, 0) is 69.2 Å². The Hall–Kier alpha value is -2.34. The van der Waals surface area contributed by atoms with Gasteiger partial charge in [-0.1, -0.05) is 29.8 Å². The number of amides is 2. The molecule has 1 aromatic carbocycles. The topological polar surface area (TPSA) is 61.4 Å². The number of rotatable bonds is 4. The molecular formula is C23H30ClN5O. The highest BCUT2D eigenvalue weighted by molar-refractivity contribution is 6.31. The van der Waals surface area contributed by atoms with E-state index in [1.807, 2.05) is 43.3 Å². The number of urea groups is 1. The maximum Gasteiger partial charge on any atom is 0.318 e. The van der Waals surface area contributed by atoms with E-state index in [-0.39, 0.29) is 6.03 Å². The zero-order valence-corrected chi connectivity index (χ0v) is 18.3. The van der Waals surface area contributed by atoms with Crippen molar-refractivity contribution in [3.63, 3.8) is 0 Å². The third-order valence-corrected chi connectivity index (χ3v) is 6.25. The molecule has 160 valence electrons. The second kappa shape index (κ2) is 9.65. The summed E-state index contributed by atoms with van der Waals surface area (Å²) >= 11 is 5.71. The Labute approximate surface area is 183 Å². The first kappa shape index (κ1) is 20.9. The molecule has 0 radical (unpaired) electrons. The highest BCUT2D eigenvalue weighted by Crippen LogP contribution is 2.33. The molecule has 1 unspecified atom stereocenters. The van der Waals surface area contributed by atoms with Crippen LogP contribution in [-0.2, 0) is 0 Å². The molecule has 2 heterocycles. The standard InChI is InChI=1S/C16H23N5O.C7H7Cl/c22-16(18-12-5-6-12)21(13-7-8-13)14-3-2-10-20(11-14)15-4-1-9-17-19-15;1-6-4-2-3-5-7(6)8/h1,4,9,12-14H,2-3,5-8,10-11H2,(H,18,22);2-5H,1H3. The number of halogens is 1. The number of aryl methyl sites for hydroxylation is 1. The first-order chi connectivity index (χ1) is 14.6. The highest BCUT2D eigenvalue weighted by Gasteiger charge is 2.40. The van der Waals surface area contributed by atoms with Crippen LogP contribution in [0.5, 0.6) is 0 Å². The maximum atomic E-state index is 12.6. The summed E-state index contributed by atoms with van der Waals surface area (Å²) in [5, 5.41) is 12.2. The van der Waals surface area contributed by atoms with E-state index in [0.29, 0.717) is 18.1 Å². The number of nitrogens with one attached hydrogen (secondary N) is 1. The molecule has 1 aliphatic heterocycles. The second-order valence-electron chi connectivity index (χ2n) is 8.44. The molecule has 1 N–H and O–H groups in total. The van der Waals surface area contributed by atoms with Crippen molar-refractivity contribution < 1.29 is 4.79 Å². The number of hydrogen-bond acceptors (Lipinski definition) is 4. The van der Waals surface area contributed by atoms with Crippen molar-refractivity contribution in [3.05, 3.63) is 53.2 Å². The van der Waals surface area contributed by atoms with E-state index in [0.717, 1.165) is 68.0 Å². The molecule has 1 atom stereocenters. The summed E-state index contributed by atoms with van der Waals surface area (Å²) in [4.78, 5) is 17.0. The first-order valence-corrected chi connectivity index (χ1v) is 11.3. The Morgan fingerprint density at radius 2 is 1.90 bits per heavy atom. The predicted molar refractivity (Wildman–Crippen MR) is 120 cm³/mol. The van der Waals surface area contributed by atoms with Crippen molar-refractivity contribution in [3.8, 4) is 0 Å². The number of hydrogen-bond donors (Lipinski definition) is 1. The molecule has 0 spiro atoms. The summed E-state index contributed by atoms with van der Waals surface area (Å²) in [7, 11) is 0. The van der Waals surface area contributed by atoms with E-state index in [9.17, 15) is 4.79 Å². The van der Waals surface area contributed by atoms with Gasteiger partial charge < -0.3 is 15.1 Å². The normalized spacial score (nSPS) is 20.7. The summed E-state index contributed by atoms with van der Waals surface area (Å²) in [5.41, 5.74) is 1.13. The van der Waals surface area contributed by atoms with E-state index in [2.05, 4.69) is 25.3 Å². The lowest BCUT2D eigenvalue weighted by molar-refractivity contribution is 0.160. The monoisotopic (exact) mass is 427 g/mol. The van der Waals surface area contributed by atoms with Crippen LogP contribution in [0.1, 0.15) is 44.1 Å². The smallest absolute Gasteiger partial charge is 0.318 e. The maximum absolute atomic E-state index is 12.6. The van der Waals surface area contributed by atoms with Gasteiger partial charge in [0.05, 0.1) is 6.04 Å².